The van der Waals surface area contributed by atoms with Crippen LogP contribution >= 0.6 is 0 Å². The van der Waals surface area contributed by atoms with Gasteiger partial charge in [-0.05, 0) is 24.6 Å². The van der Waals surface area contributed by atoms with E-state index in [1.807, 2.05) is 32.3 Å². The van der Waals surface area contributed by atoms with Gasteiger partial charge in [-0.15, -0.1) is 0 Å². The SMILES string of the molecule is Cc1cnc(N)cc1-c1ccn(C)n1. The van der Waals surface area contributed by atoms with Crippen LogP contribution in [0.25, 0.3) is 11.3 Å². The molecular weight excluding hydrogens is 176 g/mol. The monoisotopic (exact) mass is 188 g/mol. The lowest BCUT2D eigenvalue weighted by Crippen LogP contribution is -1.94. The second kappa shape index (κ2) is 3.14. The number of aromatic nitrogens is 3. The molecule has 0 saturated carbocycles. The minimum absolute atomic E-state index is 0.524. The summed E-state index contributed by atoms with van der Waals surface area (Å²) in [7, 11) is 1.89. The topological polar surface area (TPSA) is 56.7 Å². The first-order valence-corrected chi connectivity index (χ1v) is 4.39. The second-order valence-corrected chi connectivity index (χ2v) is 3.30. The third-order valence-corrected chi connectivity index (χ3v) is 2.11. The van der Waals surface area contributed by atoms with E-state index in [1.54, 1.807) is 10.9 Å². The van der Waals surface area contributed by atoms with Gasteiger partial charge in [-0.25, -0.2) is 4.98 Å². The van der Waals surface area contributed by atoms with Crippen LogP contribution in [-0.2, 0) is 7.05 Å². The summed E-state index contributed by atoms with van der Waals surface area (Å²) in [6.07, 6.45) is 3.67. The first-order valence-electron chi connectivity index (χ1n) is 4.39. The Balaban J connectivity index is 2.55. The first-order chi connectivity index (χ1) is 6.66. The summed E-state index contributed by atoms with van der Waals surface area (Å²) in [5.41, 5.74) is 8.68. The van der Waals surface area contributed by atoms with Crippen LogP contribution in [0.3, 0.4) is 0 Å². The number of rotatable bonds is 1. The van der Waals surface area contributed by atoms with E-state index in [0.29, 0.717) is 5.82 Å². The molecule has 2 heterocycles. The number of nitrogen functional groups attached to an aromatic ring is 1. The quantitative estimate of drug-likeness (QED) is 0.735. The average molecular weight is 188 g/mol. The minimum atomic E-state index is 0.524. The van der Waals surface area contributed by atoms with Crippen molar-refractivity contribution < 1.29 is 0 Å². The molecular formula is C10H12N4. The van der Waals surface area contributed by atoms with Crippen molar-refractivity contribution in [3.05, 3.63) is 30.1 Å². The van der Waals surface area contributed by atoms with E-state index < -0.39 is 0 Å². The predicted molar refractivity (Wildman–Crippen MR) is 55.6 cm³/mol. The summed E-state index contributed by atoms with van der Waals surface area (Å²) in [4.78, 5) is 4.01. The number of nitrogens with two attached hydrogens (primary N) is 1. The number of anilines is 1. The normalized spacial score (nSPS) is 10.4. The van der Waals surface area contributed by atoms with Gasteiger partial charge in [-0.1, -0.05) is 0 Å². The molecule has 0 unspecified atom stereocenters. The fourth-order valence-corrected chi connectivity index (χ4v) is 1.37. The molecule has 14 heavy (non-hydrogen) atoms. The van der Waals surface area contributed by atoms with Crippen LogP contribution in [0, 0.1) is 6.92 Å². The van der Waals surface area contributed by atoms with E-state index in [2.05, 4.69) is 10.1 Å². The van der Waals surface area contributed by atoms with Crippen LogP contribution in [0.5, 0.6) is 0 Å². The van der Waals surface area contributed by atoms with Crippen LogP contribution in [-0.4, -0.2) is 14.8 Å². The van der Waals surface area contributed by atoms with Crippen molar-refractivity contribution in [3.63, 3.8) is 0 Å². The summed E-state index contributed by atoms with van der Waals surface area (Å²) < 4.78 is 1.77. The molecule has 2 rings (SSSR count). The molecule has 0 radical (unpaired) electrons. The molecule has 0 aromatic carbocycles. The molecule has 0 fully saturated rings. The van der Waals surface area contributed by atoms with E-state index in [0.717, 1.165) is 16.8 Å². The fraction of sp³-hybridized carbons (Fsp3) is 0.200. The highest BCUT2D eigenvalue weighted by atomic mass is 15.2. The van der Waals surface area contributed by atoms with Gasteiger partial charge in [0.1, 0.15) is 5.82 Å². The van der Waals surface area contributed by atoms with E-state index in [9.17, 15) is 0 Å². The largest absolute Gasteiger partial charge is 0.384 e. The Hall–Kier alpha value is -1.84. The zero-order chi connectivity index (χ0) is 10.1. The van der Waals surface area contributed by atoms with Crippen molar-refractivity contribution in [2.75, 3.05) is 5.73 Å². The lowest BCUT2D eigenvalue weighted by molar-refractivity contribution is 0.770. The summed E-state index contributed by atoms with van der Waals surface area (Å²) in [5.74, 6) is 0.524. The molecule has 0 bridgehead atoms. The smallest absolute Gasteiger partial charge is 0.123 e. The van der Waals surface area contributed by atoms with Gasteiger partial charge in [0.2, 0.25) is 0 Å². The zero-order valence-corrected chi connectivity index (χ0v) is 8.23. The molecule has 0 spiro atoms. The standard InChI is InChI=1S/C10H12N4/c1-7-6-12-10(11)5-8(7)9-3-4-14(2)13-9/h3-6H,1-2H3,(H2,11,12). The number of pyridine rings is 1. The van der Waals surface area contributed by atoms with Crippen LogP contribution in [0.15, 0.2) is 24.5 Å². The molecule has 0 atom stereocenters. The number of nitrogens with zero attached hydrogens (tertiary/aromatic N) is 3. The van der Waals surface area contributed by atoms with Crippen molar-refractivity contribution >= 4 is 5.82 Å². The lowest BCUT2D eigenvalue weighted by atomic mass is 10.1. The Labute approximate surface area is 82.4 Å². The van der Waals surface area contributed by atoms with Gasteiger partial charge in [-0.3, -0.25) is 4.68 Å². The summed E-state index contributed by atoms with van der Waals surface area (Å²) in [6, 6.07) is 3.80. The molecule has 0 amide bonds. The van der Waals surface area contributed by atoms with Gasteiger partial charge in [0.05, 0.1) is 5.69 Å². The molecule has 2 N–H and O–H groups in total. The summed E-state index contributed by atoms with van der Waals surface area (Å²) >= 11 is 0. The fourth-order valence-electron chi connectivity index (χ4n) is 1.37. The van der Waals surface area contributed by atoms with Crippen LogP contribution < -0.4 is 5.73 Å². The van der Waals surface area contributed by atoms with Crippen molar-refractivity contribution in [3.8, 4) is 11.3 Å². The molecule has 2 aromatic rings. The highest BCUT2D eigenvalue weighted by Gasteiger charge is 2.05. The van der Waals surface area contributed by atoms with Gasteiger partial charge < -0.3 is 5.73 Å². The Morgan fingerprint density at radius 1 is 1.43 bits per heavy atom. The molecule has 4 heteroatoms. The lowest BCUT2D eigenvalue weighted by Gasteiger charge is -2.02. The maximum atomic E-state index is 5.63. The molecule has 72 valence electrons. The van der Waals surface area contributed by atoms with Crippen LogP contribution in [0.4, 0.5) is 5.82 Å². The predicted octanol–water partition coefficient (Wildman–Crippen LogP) is 1.37. The molecule has 0 aliphatic carbocycles. The van der Waals surface area contributed by atoms with E-state index >= 15 is 0 Å². The molecule has 2 aromatic heterocycles. The van der Waals surface area contributed by atoms with Gasteiger partial charge in [0.15, 0.2) is 0 Å². The molecule has 0 aliphatic rings. The molecule has 4 nitrogen and oxygen atoms in total. The van der Waals surface area contributed by atoms with E-state index in [4.69, 9.17) is 5.73 Å². The van der Waals surface area contributed by atoms with E-state index in [1.165, 1.54) is 0 Å². The van der Waals surface area contributed by atoms with E-state index in [-0.39, 0.29) is 0 Å². The van der Waals surface area contributed by atoms with Crippen molar-refractivity contribution in [1.82, 2.24) is 14.8 Å². The number of aryl methyl sites for hydroxylation is 2. The molecule has 0 saturated heterocycles. The van der Waals surface area contributed by atoms with Gasteiger partial charge >= 0.3 is 0 Å². The Morgan fingerprint density at radius 3 is 2.86 bits per heavy atom. The van der Waals surface area contributed by atoms with Gasteiger partial charge in [0, 0.05) is 25.0 Å². The Morgan fingerprint density at radius 2 is 2.21 bits per heavy atom. The summed E-state index contributed by atoms with van der Waals surface area (Å²) in [5, 5.41) is 4.32. The van der Waals surface area contributed by atoms with Crippen molar-refractivity contribution in [1.29, 1.82) is 0 Å². The Bertz CT molecular complexity index is 459. The van der Waals surface area contributed by atoms with Crippen LogP contribution in [0.2, 0.25) is 0 Å². The number of hydrogen-bond donors (Lipinski definition) is 1. The third-order valence-electron chi connectivity index (χ3n) is 2.11. The van der Waals surface area contributed by atoms with Crippen LogP contribution in [0.1, 0.15) is 5.56 Å². The van der Waals surface area contributed by atoms with Crippen molar-refractivity contribution in [2.45, 2.75) is 6.92 Å². The third kappa shape index (κ3) is 1.46. The maximum absolute atomic E-state index is 5.63. The molecule has 0 aliphatic heterocycles. The maximum Gasteiger partial charge on any atom is 0.123 e. The van der Waals surface area contributed by atoms with Crippen molar-refractivity contribution in [2.24, 2.45) is 7.05 Å². The summed E-state index contributed by atoms with van der Waals surface area (Å²) in [6.45, 7) is 2.00. The highest BCUT2D eigenvalue weighted by molar-refractivity contribution is 5.65. The van der Waals surface area contributed by atoms with Gasteiger partial charge in [0.25, 0.3) is 0 Å². The number of hydrogen-bond acceptors (Lipinski definition) is 3. The zero-order valence-electron chi connectivity index (χ0n) is 8.23. The Kier molecular flexibility index (Phi) is 1.96. The average Bonchev–Trinajstić information content (AvgIpc) is 2.56. The minimum Gasteiger partial charge on any atom is -0.384 e. The van der Waals surface area contributed by atoms with Gasteiger partial charge in [-0.2, -0.15) is 5.10 Å². The highest BCUT2D eigenvalue weighted by Crippen LogP contribution is 2.21. The first kappa shape index (κ1) is 8.74. The second-order valence-electron chi connectivity index (χ2n) is 3.30.